The molecule has 0 saturated carbocycles. The summed E-state index contributed by atoms with van der Waals surface area (Å²) in [6.07, 6.45) is 3.53. The summed E-state index contributed by atoms with van der Waals surface area (Å²) in [4.78, 5) is 12.0. The van der Waals surface area contributed by atoms with Crippen molar-refractivity contribution in [3.63, 3.8) is 0 Å². The maximum Gasteiger partial charge on any atom is 0.252 e. The fourth-order valence-electron chi connectivity index (χ4n) is 2.38. The minimum Gasteiger partial charge on any atom is -0.382 e. The molecular weight excluding hydrogens is 236 g/mol. The number of rotatable bonds is 5. The highest BCUT2D eigenvalue weighted by Crippen LogP contribution is 2.22. The van der Waals surface area contributed by atoms with Crippen molar-refractivity contribution in [1.29, 1.82) is 0 Å². The van der Waals surface area contributed by atoms with Crippen molar-refractivity contribution >= 4 is 16.6 Å². The Hall–Kier alpha value is -1.77. The standard InChI is InChI=1S/C16H22N2O/c1-4-5-8-12(2)17-14-11-16(19)18(3)15-10-7-6-9-13(14)15/h6-7,9-12,17H,4-5,8H2,1-3H3. The van der Waals surface area contributed by atoms with Crippen LogP contribution in [0.4, 0.5) is 5.69 Å². The molecule has 1 aromatic carbocycles. The Morgan fingerprint density at radius 1 is 1.32 bits per heavy atom. The Balaban J connectivity index is 2.38. The van der Waals surface area contributed by atoms with Crippen LogP contribution in [0.25, 0.3) is 10.9 Å². The van der Waals surface area contributed by atoms with E-state index in [1.807, 2.05) is 25.2 Å². The number of aryl methyl sites for hydroxylation is 1. The van der Waals surface area contributed by atoms with E-state index >= 15 is 0 Å². The Morgan fingerprint density at radius 3 is 2.79 bits per heavy atom. The predicted octanol–water partition coefficient (Wildman–Crippen LogP) is 3.53. The molecule has 1 N–H and O–H groups in total. The quantitative estimate of drug-likeness (QED) is 0.890. The Bertz CT molecular complexity index is 616. The number of benzene rings is 1. The normalized spacial score (nSPS) is 12.6. The average Bonchev–Trinajstić information content (AvgIpc) is 2.42. The summed E-state index contributed by atoms with van der Waals surface area (Å²) < 4.78 is 1.69. The van der Waals surface area contributed by atoms with E-state index < -0.39 is 0 Å². The molecular formula is C16H22N2O. The van der Waals surface area contributed by atoms with Crippen LogP contribution in [0.5, 0.6) is 0 Å². The van der Waals surface area contributed by atoms with Crippen LogP contribution < -0.4 is 10.9 Å². The summed E-state index contributed by atoms with van der Waals surface area (Å²) in [6, 6.07) is 10.1. The van der Waals surface area contributed by atoms with Crippen LogP contribution >= 0.6 is 0 Å². The SMILES string of the molecule is CCCCC(C)Nc1cc(=O)n(C)c2ccccc12. The van der Waals surface area contributed by atoms with E-state index in [0.29, 0.717) is 6.04 Å². The average molecular weight is 258 g/mol. The molecule has 1 unspecified atom stereocenters. The van der Waals surface area contributed by atoms with Crippen LogP contribution in [0.2, 0.25) is 0 Å². The molecule has 0 amide bonds. The largest absolute Gasteiger partial charge is 0.382 e. The van der Waals surface area contributed by atoms with E-state index in [0.717, 1.165) is 23.0 Å². The van der Waals surface area contributed by atoms with Crippen LogP contribution in [0.3, 0.4) is 0 Å². The van der Waals surface area contributed by atoms with Gasteiger partial charge in [-0.3, -0.25) is 4.79 Å². The number of unbranched alkanes of at least 4 members (excludes halogenated alkanes) is 1. The molecule has 3 nitrogen and oxygen atoms in total. The lowest BCUT2D eigenvalue weighted by atomic mass is 10.1. The van der Waals surface area contributed by atoms with Crippen LogP contribution in [-0.2, 0) is 7.05 Å². The molecule has 0 aliphatic heterocycles. The maximum absolute atomic E-state index is 12.0. The third kappa shape index (κ3) is 2.98. The fraction of sp³-hybridized carbons (Fsp3) is 0.438. The number of nitrogens with one attached hydrogen (secondary N) is 1. The molecule has 1 atom stereocenters. The van der Waals surface area contributed by atoms with Crippen molar-refractivity contribution in [2.75, 3.05) is 5.32 Å². The molecule has 1 aromatic heterocycles. The van der Waals surface area contributed by atoms with Crippen LogP contribution in [0, 0.1) is 0 Å². The number of hydrogen-bond acceptors (Lipinski definition) is 2. The molecule has 19 heavy (non-hydrogen) atoms. The van der Waals surface area contributed by atoms with Crippen LogP contribution in [0.1, 0.15) is 33.1 Å². The zero-order valence-corrected chi connectivity index (χ0v) is 11.9. The Morgan fingerprint density at radius 2 is 2.05 bits per heavy atom. The number of aromatic nitrogens is 1. The first-order valence-electron chi connectivity index (χ1n) is 6.98. The highest BCUT2D eigenvalue weighted by molar-refractivity contribution is 5.91. The van der Waals surface area contributed by atoms with Gasteiger partial charge in [0.05, 0.1) is 5.52 Å². The van der Waals surface area contributed by atoms with Crippen molar-refractivity contribution in [3.8, 4) is 0 Å². The summed E-state index contributed by atoms with van der Waals surface area (Å²) in [7, 11) is 1.81. The number of anilines is 1. The third-order valence-corrected chi connectivity index (χ3v) is 3.55. The van der Waals surface area contributed by atoms with E-state index in [1.165, 1.54) is 12.8 Å². The molecule has 0 spiro atoms. The molecule has 0 aliphatic rings. The van der Waals surface area contributed by atoms with Gasteiger partial charge in [-0.2, -0.15) is 0 Å². The van der Waals surface area contributed by atoms with Gasteiger partial charge in [-0.1, -0.05) is 38.0 Å². The smallest absolute Gasteiger partial charge is 0.252 e. The molecule has 0 aliphatic carbocycles. The second-order valence-corrected chi connectivity index (χ2v) is 5.16. The first-order chi connectivity index (χ1) is 9.13. The summed E-state index contributed by atoms with van der Waals surface area (Å²) >= 11 is 0. The molecule has 1 heterocycles. The summed E-state index contributed by atoms with van der Waals surface area (Å²) in [6.45, 7) is 4.36. The van der Waals surface area contributed by atoms with E-state index in [9.17, 15) is 4.79 Å². The molecule has 3 heteroatoms. The summed E-state index contributed by atoms with van der Waals surface area (Å²) in [5, 5.41) is 4.58. The van der Waals surface area contributed by atoms with Gasteiger partial charge >= 0.3 is 0 Å². The van der Waals surface area contributed by atoms with Gasteiger partial charge in [-0.15, -0.1) is 0 Å². The molecule has 2 rings (SSSR count). The van der Waals surface area contributed by atoms with Gasteiger partial charge in [-0.25, -0.2) is 0 Å². The van der Waals surface area contributed by atoms with Gasteiger partial charge in [0, 0.05) is 30.2 Å². The Kier molecular flexibility index (Phi) is 4.25. The lowest BCUT2D eigenvalue weighted by molar-refractivity contribution is 0.645. The van der Waals surface area contributed by atoms with Crippen molar-refractivity contribution in [1.82, 2.24) is 4.57 Å². The third-order valence-electron chi connectivity index (χ3n) is 3.55. The minimum atomic E-state index is 0.0314. The van der Waals surface area contributed by atoms with E-state index in [1.54, 1.807) is 10.6 Å². The van der Waals surface area contributed by atoms with E-state index in [-0.39, 0.29) is 5.56 Å². The molecule has 102 valence electrons. The van der Waals surface area contributed by atoms with Gasteiger partial charge in [-0.05, 0) is 19.4 Å². The van der Waals surface area contributed by atoms with Crippen molar-refractivity contribution in [2.45, 2.75) is 39.2 Å². The summed E-state index contributed by atoms with van der Waals surface area (Å²) in [5.74, 6) is 0. The van der Waals surface area contributed by atoms with Crippen LogP contribution in [-0.4, -0.2) is 10.6 Å². The number of hydrogen-bond donors (Lipinski definition) is 1. The fourth-order valence-corrected chi connectivity index (χ4v) is 2.38. The molecule has 2 aromatic rings. The highest BCUT2D eigenvalue weighted by Gasteiger charge is 2.08. The van der Waals surface area contributed by atoms with E-state index in [2.05, 4.69) is 25.2 Å². The first-order valence-corrected chi connectivity index (χ1v) is 6.98. The number of pyridine rings is 1. The van der Waals surface area contributed by atoms with Gasteiger partial charge in [0.2, 0.25) is 0 Å². The second kappa shape index (κ2) is 5.91. The lowest BCUT2D eigenvalue weighted by Gasteiger charge is -2.17. The van der Waals surface area contributed by atoms with Crippen LogP contribution in [0.15, 0.2) is 35.1 Å². The van der Waals surface area contributed by atoms with Crippen molar-refractivity contribution in [2.24, 2.45) is 7.05 Å². The van der Waals surface area contributed by atoms with Crippen molar-refractivity contribution in [3.05, 3.63) is 40.7 Å². The topological polar surface area (TPSA) is 34.0 Å². The zero-order chi connectivity index (χ0) is 13.8. The predicted molar refractivity (Wildman–Crippen MR) is 81.8 cm³/mol. The monoisotopic (exact) mass is 258 g/mol. The number of para-hydroxylation sites is 1. The lowest BCUT2D eigenvalue weighted by Crippen LogP contribution is -2.21. The van der Waals surface area contributed by atoms with Gasteiger partial charge in [0.1, 0.15) is 0 Å². The van der Waals surface area contributed by atoms with Gasteiger partial charge in [0.15, 0.2) is 0 Å². The molecule has 0 radical (unpaired) electrons. The molecule has 0 saturated heterocycles. The maximum atomic E-state index is 12.0. The Labute approximate surface area is 114 Å². The highest BCUT2D eigenvalue weighted by atomic mass is 16.1. The van der Waals surface area contributed by atoms with E-state index in [4.69, 9.17) is 0 Å². The summed E-state index contributed by atoms with van der Waals surface area (Å²) in [5.41, 5.74) is 1.95. The second-order valence-electron chi connectivity index (χ2n) is 5.16. The zero-order valence-electron chi connectivity index (χ0n) is 11.9. The first kappa shape index (κ1) is 13.7. The van der Waals surface area contributed by atoms with Gasteiger partial charge < -0.3 is 9.88 Å². The number of fused-ring (bicyclic) bond motifs is 1. The van der Waals surface area contributed by atoms with Gasteiger partial charge in [0.25, 0.3) is 5.56 Å². The molecule has 0 bridgehead atoms. The number of nitrogens with zero attached hydrogens (tertiary/aromatic N) is 1. The minimum absolute atomic E-state index is 0.0314. The van der Waals surface area contributed by atoms with Crippen molar-refractivity contribution < 1.29 is 0 Å². The molecule has 0 fully saturated rings.